The monoisotopic (exact) mass is 492 g/mol. The quantitative estimate of drug-likeness (QED) is 0.363. The fourth-order valence-corrected chi connectivity index (χ4v) is 5.71. The van der Waals surface area contributed by atoms with Gasteiger partial charge in [-0.25, -0.2) is 9.97 Å². The number of imidazole rings is 1. The fraction of sp³-hybridized carbons (Fsp3) is 0.304. The summed E-state index contributed by atoms with van der Waals surface area (Å²) >= 11 is 6.11. The van der Waals surface area contributed by atoms with Gasteiger partial charge in [-0.3, -0.25) is 19.1 Å². The summed E-state index contributed by atoms with van der Waals surface area (Å²) in [5.74, 6) is -0.937. The van der Waals surface area contributed by atoms with Gasteiger partial charge >= 0.3 is 0 Å². The number of nitrogens with zero attached hydrogens (tertiary/aromatic N) is 5. The van der Waals surface area contributed by atoms with Crippen LogP contribution in [0.25, 0.3) is 21.9 Å². The Balaban J connectivity index is 1.29. The van der Waals surface area contributed by atoms with Crippen molar-refractivity contribution < 1.29 is 14.4 Å². The van der Waals surface area contributed by atoms with E-state index in [-0.39, 0.29) is 47.0 Å². The molecule has 0 unspecified atom stereocenters. The number of aromatic nitrogens is 5. The van der Waals surface area contributed by atoms with Crippen LogP contribution in [-0.4, -0.2) is 59.4 Å². The van der Waals surface area contributed by atoms with Crippen LogP contribution < -0.4 is 11.1 Å². The number of amides is 3. The van der Waals surface area contributed by atoms with Gasteiger partial charge in [-0.1, -0.05) is 29.8 Å². The van der Waals surface area contributed by atoms with E-state index in [1.807, 2.05) is 0 Å². The highest BCUT2D eigenvalue weighted by atomic mass is 35.5. The number of carbonyl (C=O) groups is 3. The predicted molar refractivity (Wildman–Crippen MR) is 128 cm³/mol. The average Bonchev–Trinajstić information content (AvgIpc) is 3.61. The van der Waals surface area contributed by atoms with E-state index in [0.29, 0.717) is 21.9 Å². The molecule has 1 saturated carbocycles. The molecule has 2 bridgehead atoms. The van der Waals surface area contributed by atoms with Gasteiger partial charge < -0.3 is 20.9 Å². The minimum absolute atomic E-state index is 0.0292. The van der Waals surface area contributed by atoms with Crippen molar-refractivity contribution in [2.45, 2.75) is 37.9 Å². The smallest absolute Gasteiger partial charge is 0.269 e. The number of pyridine rings is 1. The van der Waals surface area contributed by atoms with Gasteiger partial charge in [0.15, 0.2) is 11.5 Å². The highest BCUT2D eigenvalue weighted by molar-refractivity contribution is 6.30. The predicted octanol–water partition coefficient (Wildman–Crippen LogP) is 2.08. The summed E-state index contributed by atoms with van der Waals surface area (Å²) in [7, 11) is 0. The Morgan fingerprint density at radius 2 is 2.06 bits per heavy atom. The third-order valence-corrected chi connectivity index (χ3v) is 7.13. The second-order valence-electron chi connectivity index (χ2n) is 8.94. The van der Waals surface area contributed by atoms with Crippen LogP contribution in [0.3, 0.4) is 0 Å². The van der Waals surface area contributed by atoms with E-state index < -0.39 is 11.9 Å². The maximum absolute atomic E-state index is 13.5. The van der Waals surface area contributed by atoms with Gasteiger partial charge in [-0.2, -0.15) is 5.10 Å². The minimum atomic E-state index is -0.663. The van der Waals surface area contributed by atoms with E-state index in [0.717, 1.165) is 19.3 Å². The Labute approximate surface area is 203 Å². The molecule has 1 aliphatic heterocycles. The number of anilines is 1. The molecule has 4 aromatic rings. The van der Waals surface area contributed by atoms with E-state index in [1.54, 1.807) is 35.2 Å². The van der Waals surface area contributed by atoms with Crippen LogP contribution in [0.15, 0.2) is 36.7 Å². The molecule has 0 radical (unpaired) electrons. The lowest BCUT2D eigenvalue weighted by Crippen LogP contribution is -2.52. The average molecular weight is 493 g/mol. The zero-order chi connectivity index (χ0) is 24.3. The molecule has 1 saturated heterocycles. The van der Waals surface area contributed by atoms with Gasteiger partial charge in [0.05, 0.1) is 17.4 Å². The number of halogens is 1. The van der Waals surface area contributed by atoms with Crippen LogP contribution >= 0.6 is 11.6 Å². The SMILES string of the molecule is NC(=O)c1nn(CC(=O)N2[C@@H]3CC[C@@H](C3)[C@H]2C(=O)Nc2nc(Cl)cc3[nH]cnc23)c2ccccc12. The van der Waals surface area contributed by atoms with Crippen LogP contribution in [0.1, 0.15) is 29.8 Å². The van der Waals surface area contributed by atoms with Gasteiger partial charge in [0.2, 0.25) is 11.8 Å². The van der Waals surface area contributed by atoms with Crippen molar-refractivity contribution in [2.75, 3.05) is 5.32 Å². The molecule has 3 amide bonds. The van der Waals surface area contributed by atoms with Gasteiger partial charge in [0.1, 0.15) is 23.3 Å². The van der Waals surface area contributed by atoms with Crippen molar-refractivity contribution >= 4 is 57.1 Å². The first-order chi connectivity index (χ1) is 16.9. The number of rotatable bonds is 5. The Bertz CT molecular complexity index is 1510. The van der Waals surface area contributed by atoms with Crippen LogP contribution in [-0.2, 0) is 16.1 Å². The number of hydrogen-bond donors (Lipinski definition) is 3. The molecule has 1 aliphatic carbocycles. The van der Waals surface area contributed by atoms with Crippen LogP contribution in [0, 0.1) is 5.92 Å². The first kappa shape index (κ1) is 21.5. The summed E-state index contributed by atoms with van der Waals surface area (Å²) in [6, 6.07) is 8.06. The number of hydrogen-bond acceptors (Lipinski definition) is 6. The van der Waals surface area contributed by atoms with Crippen LogP contribution in [0.5, 0.6) is 0 Å². The number of nitrogens with one attached hydrogen (secondary N) is 2. The van der Waals surface area contributed by atoms with Gasteiger partial charge in [-0.05, 0) is 31.2 Å². The summed E-state index contributed by atoms with van der Waals surface area (Å²) < 4.78 is 1.48. The summed E-state index contributed by atoms with van der Waals surface area (Å²) in [4.78, 5) is 51.9. The Kier molecular flexibility index (Phi) is 4.95. The Morgan fingerprint density at radius 1 is 1.23 bits per heavy atom. The van der Waals surface area contributed by atoms with Gasteiger partial charge in [0, 0.05) is 17.5 Å². The molecule has 11 nitrogen and oxygen atoms in total. The van der Waals surface area contributed by atoms with Crippen molar-refractivity contribution in [3.63, 3.8) is 0 Å². The normalized spacial score (nSPS) is 21.2. The highest BCUT2D eigenvalue weighted by Crippen LogP contribution is 2.43. The second kappa shape index (κ2) is 8.05. The lowest BCUT2D eigenvalue weighted by molar-refractivity contribution is -0.141. The molecule has 178 valence electrons. The number of piperidine rings is 1. The molecule has 4 N–H and O–H groups in total. The highest BCUT2D eigenvalue weighted by Gasteiger charge is 2.51. The summed E-state index contributed by atoms with van der Waals surface area (Å²) in [6.07, 6.45) is 3.97. The molecule has 0 spiro atoms. The van der Waals surface area contributed by atoms with E-state index in [1.165, 1.54) is 11.0 Å². The van der Waals surface area contributed by atoms with Gasteiger partial charge in [-0.15, -0.1) is 0 Å². The second-order valence-corrected chi connectivity index (χ2v) is 9.33. The number of fused-ring (bicyclic) bond motifs is 4. The molecular formula is C23H21ClN8O3. The standard InChI is InChI=1S/C23H21ClN8O3/c24-16-8-14-19(27-10-26-14)22(28-16)29-23(35)20-11-5-6-12(7-11)32(20)17(33)9-31-15-4-2-1-3-13(15)18(30-31)21(25)34/h1-4,8,10-12,20H,5-7,9H2,(H2,25,34)(H,26,27)(H,28,29,35)/t11-,12+,20-/m0/s1. The lowest BCUT2D eigenvalue weighted by atomic mass is 9.97. The molecule has 3 atom stereocenters. The first-order valence-corrected chi connectivity index (χ1v) is 11.7. The number of aromatic amines is 1. The van der Waals surface area contributed by atoms with E-state index in [2.05, 4.69) is 25.4 Å². The summed E-state index contributed by atoms with van der Waals surface area (Å²) in [6.45, 7) is -0.111. The number of H-pyrrole nitrogens is 1. The Hall–Kier alpha value is -3.99. The molecule has 12 heteroatoms. The molecule has 2 aliphatic rings. The lowest BCUT2D eigenvalue weighted by Gasteiger charge is -2.34. The van der Waals surface area contributed by atoms with Crippen molar-refractivity contribution in [3.8, 4) is 0 Å². The fourth-order valence-electron chi connectivity index (χ4n) is 5.52. The first-order valence-electron chi connectivity index (χ1n) is 11.3. The maximum atomic E-state index is 13.5. The van der Waals surface area contributed by atoms with E-state index >= 15 is 0 Å². The number of nitrogens with two attached hydrogens (primary N) is 1. The third kappa shape index (κ3) is 3.50. The topological polar surface area (TPSA) is 152 Å². The molecule has 2 fully saturated rings. The van der Waals surface area contributed by atoms with Crippen molar-refractivity contribution in [1.82, 2.24) is 29.6 Å². The molecule has 3 aromatic heterocycles. The zero-order valence-electron chi connectivity index (χ0n) is 18.4. The molecule has 6 rings (SSSR count). The third-order valence-electron chi connectivity index (χ3n) is 6.93. The van der Waals surface area contributed by atoms with Crippen LogP contribution in [0.2, 0.25) is 5.15 Å². The largest absolute Gasteiger partial charge is 0.364 e. The molecule has 35 heavy (non-hydrogen) atoms. The molecular weight excluding hydrogens is 472 g/mol. The Morgan fingerprint density at radius 3 is 2.89 bits per heavy atom. The number of primary amides is 1. The minimum Gasteiger partial charge on any atom is -0.364 e. The number of para-hydroxylation sites is 1. The number of carbonyl (C=O) groups excluding carboxylic acids is 3. The summed E-state index contributed by atoms with van der Waals surface area (Å²) in [5, 5.41) is 7.94. The van der Waals surface area contributed by atoms with Gasteiger partial charge in [0.25, 0.3) is 5.91 Å². The maximum Gasteiger partial charge on any atom is 0.269 e. The molecule has 4 heterocycles. The zero-order valence-corrected chi connectivity index (χ0v) is 19.2. The number of likely N-dealkylation sites (tertiary alicyclic amines) is 1. The van der Waals surface area contributed by atoms with Crippen LogP contribution in [0.4, 0.5) is 5.82 Å². The van der Waals surface area contributed by atoms with Crippen molar-refractivity contribution in [1.29, 1.82) is 0 Å². The summed E-state index contributed by atoms with van der Waals surface area (Å²) in [5.41, 5.74) is 7.37. The number of benzene rings is 1. The van der Waals surface area contributed by atoms with Crippen molar-refractivity contribution in [2.24, 2.45) is 11.7 Å². The van der Waals surface area contributed by atoms with Crippen molar-refractivity contribution in [3.05, 3.63) is 47.5 Å². The van der Waals surface area contributed by atoms with E-state index in [4.69, 9.17) is 17.3 Å². The molecule has 1 aromatic carbocycles. The van der Waals surface area contributed by atoms with E-state index in [9.17, 15) is 14.4 Å².